The fourth-order valence-corrected chi connectivity index (χ4v) is 3.48. The molecule has 0 bridgehead atoms. The van der Waals surface area contributed by atoms with Crippen molar-refractivity contribution in [3.63, 3.8) is 0 Å². The van der Waals surface area contributed by atoms with Crippen LogP contribution in [0.2, 0.25) is 0 Å². The summed E-state index contributed by atoms with van der Waals surface area (Å²) in [6.45, 7) is 2.97. The van der Waals surface area contributed by atoms with Crippen molar-refractivity contribution in [1.29, 1.82) is 0 Å². The molecule has 1 saturated heterocycles. The number of rotatable bonds is 4. The maximum Gasteiger partial charge on any atom is 0.231 e. The first-order valence-corrected chi connectivity index (χ1v) is 7.82. The Labute approximate surface area is 126 Å². The highest BCUT2D eigenvalue weighted by Gasteiger charge is 2.47. The topological polar surface area (TPSA) is 41.6 Å². The Morgan fingerprint density at radius 1 is 1.38 bits per heavy atom. The Morgan fingerprint density at radius 2 is 2.14 bits per heavy atom. The van der Waals surface area contributed by atoms with E-state index in [1.165, 1.54) is 5.56 Å². The molecule has 0 spiro atoms. The summed E-state index contributed by atoms with van der Waals surface area (Å²) in [5.41, 5.74) is 1.01. The van der Waals surface area contributed by atoms with Crippen LogP contribution in [0.15, 0.2) is 30.3 Å². The number of amides is 1. The second-order valence-electron chi connectivity index (χ2n) is 6.24. The predicted molar refractivity (Wildman–Crippen MR) is 81.9 cm³/mol. The molecule has 1 aliphatic heterocycles. The van der Waals surface area contributed by atoms with Gasteiger partial charge in [-0.1, -0.05) is 36.8 Å². The fourth-order valence-electron chi connectivity index (χ4n) is 3.48. The van der Waals surface area contributed by atoms with Crippen LogP contribution in [0.1, 0.15) is 30.9 Å². The molecule has 4 nitrogen and oxygen atoms in total. The molecule has 114 valence electrons. The zero-order valence-corrected chi connectivity index (χ0v) is 12.7. The third-order valence-electron chi connectivity index (χ3n) is 4.85. The molecule has 2 aliphatic rings. The van der Waals surface area contributed by atoms with Gasteiger partial charge in [0.1, 0.15) is 0 Å². The summed E-state index contributed by atoms with van der Waals surface area (Å²) < 4.78 is 5.31. The number of methoxy groups -OCH3 is 1. The standard InChI is InChI=1S/C17H24N2O2/c1-21-13-17(8-5-9-17)16(20)19-11-10-18-15(12-19)14-6-3-2-4-7-14/h2-4,6-7,15,18H,5,8-13H2,1H3/t15-/m1/s1. The third kappa shape index (κ3) is 2.83. The summed E-state index contributed by atoms with van der Waals surface area (Å²) >= 11 is 0. The van der Waals surface area contributed by atoms with Crippen molar-refractivity contribution in [3.05, 3.63) is 35.9 Å². The van der Waals surface area contributed by atoms with E-state index in [2.05, 4.69) is 29.6 Å². The molecule has 1 amide bonds. The van der Waals surface area contributed by atoms with Gasteiger partial charge in [-0.25, -0.2) is 0 Å². The Morgan fingerprint density at radius 3 is 2.76 bits per heavy atom. The van der Waals surface area contributed by atoms with Crippen molar-refractivity contribution in [2.45, 2.75) is 25.3 Å². The van der Waals surface area contributed by atoms with Crippen molar-refractivity contribution in [2.24, 2.45) is 5.41 Å². The molecule has 0 radical (unpaired) electrons. The Hall–Kier alpha value is -1.39. The maximum atomic E-state index is 12.9. The van der Waals surface area contributed by atoms with E-state index in [1.54, 1.807) is 7.11 Å². The summed E-state index contributed by atoms with van der Waals surface area (Å²) in [4.78, 5) is 14.9. The molecule has 1 N–H and O–H groups in total. The predicted octanol–water partition coefficient (Wildman–Crippen LogP) is 1.98. The van der Waals surface area contributed by atoms with Crippen LogP contribution in [0.4, 0.5) is 0 Å². The minimum Gasteiger partial charge on any atom is -0.384 e. The van der Waals surface area contributed by atoms with Gasteiger partial charge in [0.2, 0.25) is 5.91 Å². The molecule has 4 heteroatoms. The van der Waals surface area contributed by atoms with Crippen LogP contribution in [0, 0.1) is 5.41 Å². The Bertz CT molecular complexity index is 485. The van der Waals surface area contributed by atoms with E-state index >= 15 is 0 Å². The molecule has 2 fully saturated rings. The molecular weight excluding hydrogens is 264 g/mol. The largest absolute Gasteiger partial charge is 0.384 e. The van der Waals surface area contributed by atoms with Gasteiger partial charge in [0.25, 0.3) is 0 Å². The van der Waals surface area contributed by atoms with E-state index < -0.39 is 0 Å². The second kappa shape index (κ2) is 6.16. The van der Waals surface area contributed by atoms with Crippen LogP contribution in [-0.4, -0.2) is 44.2 Å². The summed E-state index contributed by atoms with van der Waals surface area (Å²) in [7, 11) is 1.69. The van der Waals surface area contributed by atoms with Crippen LogP contribution >= 0.6 is 0 Å². The Kier molecular flexibility index (Phi) is 4.27. The number of piperazine rings is 1. The van der Waals surface area contributed by atoms with Crippen LogP contribution in [0.5, 0.6) is 0 Å². The molecule has 1 aromatic carbocycles. The van der Waals surface area contributed by atoms with Crippen LogP contribution in [0.25, 0.3) is 0 Å². The molecule has 1 aliphatic carbocycles. The van der Waals surface area contributed by atoms with Gasteiger partial charge in [0.05, 0.1) is 12.0 Å². The average molecular weight is 288 g/mol. The first-order valence-electron chi connectivity index (χ1n) is 7.82. The van der Waals surface area contributed by atoms with Crippen molar-refractivity contribution < 1.29 is 9.53 Å². The van der Waals surface area contributed by atoms with Crippen LogP contribution in [-0.2, 0) is 9.53 Å². The average Bonchev–Trinajstić information content (AvgIpc) is 2.51. The highest BCUT2D eigenvalue weighted by molar-refractivity contribution is 5.84. The molecule has 1 aromatic rings. The molecule has 21 heavy (non-hydrogen) atoms. The van der Waals surface area contributed by atoms with E-state index in [0.717, 1.165) is 38.9 Å². The number of hydrogen-bond donors (Lipinski definition) is 1. The smallest absolute Gasteiger partial charge is 0.231 e. The lowest BCUT2D eigenvalue weighted by molar-refractivity contribution is -0.153. The summed E-state index contributed by atoms with van der Waals surface area (Å²) in [6, 6.07) is 10.6. The van der Waals surface area contributed by atoms with E-state index in [1.807, 2.05) is 11.0 Å². The van der Waals surface area contributed by atoms with Gasteiger partial charge in [0.15, 0.2) is 0 Å². The van der Waals surface area contributed by atoms with Gasteiger partial charge in [-0.05, 0) is 18.4 Å². The van der Waals surface area contributed by atoms with Crippen molar-refractivity contribution in [3.8, 4) is 0 Å². The number of carbonyl (C=O) groups is 1. The highest BCUT2D eigenvalue weighted by atomic mass is 16.5. The third-order valence-corrected chi connectivity index (χ3v) is 4.85. The van der Waals surface area contributed by atoms with Crippen LogP contribution in [0.3, 0.4) is 0 Å². The van der Waals surface area contributed by atoms with Gasteiger partial charge in [0, 0.05) is 32.8 Å². The zero-order valence-electron chi connectivity index (χ0n) is 12.7. The summed E-state index contributed by atoms with van der Waals surface area (Å²) in [6.07, 6.45) is 3.09. The number of hydrogen-bond acceptors (Lipinski definition) is 3. The molecule has 3 rings (SSSR count). The summed E-state index contributed by atoms with van der Waals surface area (Å²) in [5, 5.41) is 3.51. The number of nitrogens with one attached hydrogen (secondary N) is 1. The minimum atomic E-state index is -0.243. The van der Waals surface area contributed by atoms with Gasteiger partial charge in [-0.3, -0.25) is 4.79 Å². The number of benzene rings is 1. The van der Waals surface area contributed by atoms with E-state index in [-0.39, 0.29) is 17.4 Å². The SMILES string of the molecule is COCC1(C(=O)N2CCN[C@@H](c3ccccc3)C2)CCC1. The van der Waals surface area contributed by atoms with E-state index in [0.29, 0.717) is 6.61 Å². The lowest BCUT2D eigenvalue weighted by atomic mass is 9.68. The van der Waals surface area contributed by atoms with Crippen molar-refractivity contribution in [2.75, 3.05) is 33.4 Å². The molecule has 1 saturated carbocycles. The van der Waals surface area contributed by atoms with Crippen molar-refractivity contribution in [1.82, 2.24) is 10.2 Å². The molecule has 1 atom stereocenters. The van der Waals surface area contributed by atoms with E-state index in [9.17, 15) is 4.79 Å². The highest BCUT2D eigenvalue weighted by Crippen LogP contribution is 2.43. The lowest BCUT2D eigenvalue weighted by Gasteiger charge is -2.45. The number of carbonyl (C=O) groups excluding carboxylic acids is 1. The van der Waals surface area contributed by atoms with E-state index in [4.69, 9.17) is 4.74 Å². The zero-order chi connectivity index (χ0) is 14.7. The lowest BCUT2D eigenvalue weighted by Crippen LogP contribution is -2.56. The van der Waals surface area contributed by atoms with Crippen LogP contribution < -0.4 is 5.32 Å². The van der Waals surface area contributed by atoms with Crippen molar-refractivity contribution >= 4 is 5.91 Å². The summed E-state index contributed by atoms with van der Waals surface area (Å²) in [5.74, 6) is 0.290. The van der Waals surface area contributed by atoms with Gasteiger partial charge in [-0.2, -0.15) is 0 Å². The van der Waals surface area contributed by atoms with Gasteiger partial charge >= 0.3 is 0 Å². The second-order valence-corrected chi connectivity index (χ2v) is 6.24. The van der Waals surface area contributed by atoms with Gasteiger partial charge in [-0.15, -0.1) is 0 Å². The number of ether oxygens (including phenoxy) is 1. The molecular formula is C17H24N2O2. The first-order chi connectivity index (χ1) is 10.2. The maximum absolute atomic E-state index is 12.9. The minimum absolute atomic E-state index is 0.239. The normalized spacial score (nSPS) is 24.4. The van der Waals surface area contributed by atoms with Gasteiger partial charge < -0.3 is 15.0 Å². The monoisotopic (exact) mass is 288 g/mol. The molecule has 1 heterocycles. The quantitative estimate of drug-likeness (QED) is 0.921. The number of nitrogens with zero attached hydrogens (tertiary/aromatic N) is 1. The molecule has 0 aromatic heterocycles. The Balaban J connectivity index is 1.70. The fraction of sp³-hybridized carbons (Fsp3) is 0.588. The first kappa shape index (κ1) is 14.5. The molecule has 0 unspecified atom stereocenters.